The number of fused-ring (bicyclic) bond motifs is 1. The van der Waals surface area contributed by atoms with Gasteiger partial charge in [-0.15, -0.1) is 0 Å². The number of carbonyl (C=O) groups is 3. The van der Waals surface area contributed by atoms with Gasteiger partial charge in [0.1, 0.15) is 12.1 Å². The minimum atomic E-state index is -0.791. The maximum atomic E-state index is 12.4. The molecule has 1 saturated carbocycles. The van der Waals surface area contributed by atoms with Crippen LogP contribution in [0, 0.1) is 10.1 Å². The van der Waals surface area contributed by atoms with Gasteiger partial charge < -0.3 is 5.32 Å². The Morgan fingerprint density at radius 3 is 2.58 bits per heavy atom. The summed E-state index contributed by atoms with van der Waals surface area (Å²) >= 11 is 0. The summed E-state index contributed by atoms with van der Waals surface area (Å²) in [6.07, 6.45) is 5.02. The zero-order valence-electron chi connectivity index (χ0n) is 13.0. The number of rotatable bonds is 4. The molecule has 0 aromatic heterocycles. The van der Waals surface area contributed by atoms with Crippen LogP contribution in [0.25, 0.3) is 0 Å². The Kier molecular flexibility index (Phi) is 4.28. The lowest BCUT2D eigenvalue weighted by Gasteiger charge is -2.23. The molecule has 0 saturated heterocycles. The van der Waals surface area contributed by atoms with Crippen LogP contribution in [-0.2, 0) is 4.79 Å². The fourth-order valence-electron chi connectivity index (χ4n) is 3.28. The number of nitro groups is 1. The lowest BCUT2D eigenvalue weighted by Crippen LogP contribution is -2.44. The summed E-state index contributed by atoms with van der Waals surface area (Å²) in [7, 11) is 0. The summed E-state index contributed by atoms with van der Waals surface area (Å²) in [4.78, 5) is 48.0. The monoisotopic (exact) mass is 331 g/mol. The lowest BCUT2D eigenvalue weighted by molar-refractivity contribution is -0.385. The lowest BCUT2D eigenvalue weighted by atomic mass is 9.95. The number of hydrogen-bond acceptors (Lipinski definition) is 5. The Bertz CT molecular complexity index is 724. The fraction of sp³-hybridized carbons (Fsp3) is 0.438. The Balaban J connectivity index is 1.75. The van der Waals surface area contributed by atoms with Crippen LogP contribution < -0.4 is 5.32 Å². The number of amides is 3. The van der Waals surface area contributed by atoms with Gasteiger partial charge >= 0.3 is 0 Å². The summed E-state index contributed by atoms with van der Waals surface area (Å²) in [5.74, 6) is -1.88. The van der Waals surface area contributed by atoms with E-state index in [9.17, 15) is 24.5 Å². The average Bonchev–Trinajstić information content (AvgIpc) is 2.81. The van der Waals surface area contributed by atoms with Crippen molar-refractivity contribution in [2.45, 2.75) is 38.1 Å². The van der Waals surface area contributed by atoms with Crippen LogP contribution in [0.1, 0.15) is 52.8 Å². The van der Waals surface area contributed by atoms with Crippen LogP contribution in [0.2, 0.25) is 0 Å². The standard InChI is InChI=1S/C16H17N3O5/c20-13(17-10-5-2-1-3-6-10)9-18-15(21)11-7-4-8-12(19(23)24)14(11)16(18)22/h4,7-8,10H,1-3,5-6,9H2,(H,17,20). The smallest absolute Gasteiger partial charge is 0.282 e. The zero-order valence-corrected chi connectivity index (χ0v) is 13.0. The molecule has 0 radical (unpaired) electrons. The van der Waals surface area contributed by atoms with Gasteiger partial charge in [-0.05, 0) is 18.9 Å². The molecule has 1 heterocycles. The number of nitrogens with one attached hydrogen (secondary N) is 1. The maximum absolute atomic E-state index is 12.4. The molecule has 3 rings (SSSR count). The van der Waals surface area contributed by atoms with E-state index in [1.54, 1.807) is 0 Å². The molecule has 1 aromatic carbocycles. The van der Waals surface area contributed by atoms with Crippen molar-refractivity contribution in [2.75, 3.05) is 6.54 Å². The first kappa shape index (κ1) is 16.1. The minimum Gasteiger partial charge on any atom is -0.352 e. The van der Waals surface area contributed by atoms with Crippen LogP contribution in [0.15, 0.2) is 18.2 Å². The van der Waals surface area contributed by atoms with E-state index in [1.807, 2.05) is 0 Å². The van der Waals surface area contributed by atoms with Crippen molar-refractivity contribution in [2.24, 2.45) is 0 Å². The molecule has 0 atom stereocenters. The van der Waals surface area contributed by atoms with Gasteiger partial charge in [0.05, 0.1) is 10.5 Å². The highest BCUT2D eigenvalue weighted by molar-refractivity contribution is 6.24. The number of imide groups is 1. The molecule has 1 aromatic rings. The van der Waals surface area contributed by atoms with Gasteiger partial charge in [0, 0.05) is 12.1 Å². The van der Waals surface area contributed by atoms with Crippen LogP contribution in [0.5, 0.6) is 0 Å². The van der Waals surface area contributed by atoms with Crippen LogP contribution in [-0.4, -0.2) is 40.1 Å². The van der Waals surface area contributed by atoms with Crippen molar-refractivity contribution in [1.29, 1.82) is 0 Å². The van der Waals surface area contributed by atoms with E-state index >= 15 is 0 Å². The Morgan fingerprint density at radius 1 is 1.21 bits per heavy atom. The van der Waals surface area contributed by atoms with E-state index in [0.717, 1.165) is 37.0 Å². The maximum Gasteiger partial charge on any atom is 0.282 e. The van der Waals surface area contributed by atoms with Gasteiger partial charge in [0.2, 0.25) is 5.91 Å². The summed E-state index contributed by atoms with van der Waals surface area (Å²) in [6.45, 7) is -0.417. The Labute approximate surface area is 138 Å². The number of hydrogen-bond donors (Lipinski definition) is 1. The second-order valence-corrected chi connectivity index (χ2v) is 6.06. The Morgan fingerprint density at radius 2 is 1.92 bits per heavy atom. The molecule has 1 aliphatic heterocycles. The quantitative estimate of drug-likeness (QED) is 0.512. The summed E-state index contributed by atoms with van der Waals surface area (Å²) in [6, 6.07) is 3.96. The first-order valence-corrected chi connectivity index (χ1v) is 7.92. The first-order chi connectivity index (χ1) is 11.5. The van der Waals surface area contributed by atoms with Crippen molar-refractivity contribution in [3.63, 3.8) is 0 Å². The Hall–Kier alpha value is -2.77. The highest BCUT2D eigenvalue weighted by Crippen LogP contribution is 2.30. The molecule has 1 fully saturated rings. The second kappa shape index (κ2) is 6.38. The normalized spacial score (nSPS) is 17.8. The van der Waals surface area contributed by atoms with Gasteiger partial charge in [-0.1, -0.05) is 25.3 Å². The fourth-order valence-corrected chi connectivity index (χ4v) is 3.28. The van der Waals surface area contributed by atoms with Crippen LogP contribution in [0.4, 0.5) is 5.69 Å². The van der Waals surface area contributed by atoms with Crippen molar-refractivity contribution in [1.82, 2.24) is 10.2 Å². The van der Waals surface area contributed by atoms with Crippen LogP contribution in [0.3, 0.4) is 0 Å². The van der Waals surface area contributed by atoms with E-state index < -0.39 is 34.9 Å². The molecular weight excluding hydrogens is 314 g/mol. The third kappa shape index (κ3) is 2.86. The van der Waals surface area contributed by atoms with Crippen molar-refractivity contribution < 1.29 is 19.3 Å². The zero-order chi connectivity index (χ0) is 17.3. The number of nitrogens with zero attached hydrogens (tertiary/aromatic N) is 2. The molecule has 1 aliphatic carbocycles. The largest absolute Gasteiger partial charge is 0.352 e. The molecule has 2 aliphatic rings. The highest BCUT2D eigenvalue weighted by atomic mass is 16.6. The molecule has 8 nitrogen and oxygen atoms in total. The third-order valence-electron chi connectivity index (χ3n) is 4.45. The molecule has 24 heavy (non-hydrogen) atoms. The molecule has 0 bridgehead atoms. The van der Waals surface area contributed by atoms with Crippen LogP contribution >= 0.6 is 0 Å². The summed E-state index contributed by atoms with van der Waals surface area (Å²) in [5, 5.41) is 13.9. The predicted molar refractivity (Wildman–Crippen MR) is 83.5 cm³/mol. The molecular formula is C16H17N3O5. The highest BCUT2D eigenvalue weighted by Gasteiger charge is 2.41. The van der Waals surface area contributed by atoms with Gasteiger partial charge in [-0.25, -0.2) is 0 Å². The number of benzene rings is 1. The van der Waals surface area contributed by atoms with Gasteiger partial charge in [0.15, 0.2) is 0 Å². The number of nitro benzene ring substituents is 1. The van der Waals surface area contributed by atoms with Crippen molar-refractivity contribution >= 4 is 23.4 Å². The SMILES string of the molecule is O=C(CN1C(=O)c2cccc([N+](=O)[O-])c2C1=O)NC1CCCCC1. The number of carbonyl (C=O) groups excluding carboxylic acids is 3. The molecule has 0 spiro atoms. The van der Waals surface area contributed by atoms with E-state index in [2.05, 4.69) is 5.32 Å². The van der Waals surface area contributed by atoms with E-state index in [-0.39, 0.29) is 17.2 Å². The molecule has 8 heteroatoms. The van der Waals surface area contributed by atoms with E-state index in [4.69, 9.17) is 0 Å². The van der Waals surface area contributed by atoms with Gasteiger partial charge in [-0.3, -0.25) is 29.4 Å². The summed E-state index contributed by atoms with van der Waals surface area (Å²) in [5.41, 5.74) is -0.682. The topological polar surface area (TPSA) is 110 Å². The third-order valence-corrected chi connectivity index (χ3v) is 4.45. The van der Waals surface area contributed by atoms with Crippen molar-refractivity contribution in [3.8, 4) is 0 Å². The minimum absolute atomic E-state index is 0.0281. The van der Waals surface area contributed by atoms with Crippen molar-refractivity contribution in [3.05, 3.63) is 39.4 Å². The van der Waals surface area contributed by atoms with Gasteiger partial charge in [-0.2, -0.15) is 0 Å². The average molecular weight is 331 g/mol. The molecule has 3 amide bonds. The van der Waals surface area contributed by atoms with Gasteiger partial charge in [0.25, 0.3) is 17.5 Å². The van der Waals surface area contributed by atoms with E-state index in [1.165, 1.54) is 18.2 Å². The molecule has 1 N–H and O–H groups in total. The first-order valence-electron chi connectivity index (χ1n) is 7.92. The summed E-state index contributed by atoms with van der Waals surface area (Å²) < 4.78 is 0. The molecule has 0 unspecified atom stereocenters. The molecule has 126 valence electrons. The predicted octanol–water partition coefficient (Wildman–Crippen LogP) is 1.64. The van der Waals surface area contributed by atoms with E-state index in [0.29, 0.717) is 0 Å². The second-order valence-electron chi connectivity index (χ2n) is 6.06.